The number of ketones is 1. The summed E-state index contributed by atoms with van der Waals surface area (Å²) in [5, 5.41) is 0. The quantitative estimate of drug-likeness (QED) is 0.724. The molecule has 0 aromatic rings. The van der Waals surface area contributed by atoms with Gasteiger partial charge >= 0.3 is 0 Å². The van der Waals surface area contributed by atoms with Crippen LogP contribution in [0, 0.1) is 23.2 Å². The third-order valence-corrected chi connectivity index (χ3v) is 5.11. The van der Waals surface area contributed by atoms with Gasteiger partial charge in [-0.2, -0.15) is 0 Å². The first-order valence-corrected chi connectivity index (χ1v) is 9.75. The van der Waals surface area contributed by atoms with Gasteiger partial charge in [0.2, 0.25) is 0 Å². The van der Waals surface area contributed by atoms with Crippen molar-refractivity contribution in [1.29, 1.82) is 0 Å². The number of fused-ring (bicyclic) bond motifs is 2. The maximum Gasteiger partial charge on any atom is 0.171 e. The number of Topliss-reactive ketones (excluding diaryl/α,β-unsaturated/α-hetero) is 1. The zero-order valence-corrected chi connectivity index (χ0v) is 13.0. The topological polar surface area (TPSA) is 26.3 Å². The zero-order chi connectivity index (χ0) is 12.8. The van der Waals surface area contributed by atoms with Crippen molar-refractivity contribution in [3.63, 3.8) is 0 Å². The lowest BCUT2D eigenvalue weighted by atomic mass is 9.74. The molecule has 17 heavy (non-hydrogen) atoms. The summed E-state index contributed by atoms with van der Waals surface area (Å²) in [4.78, 5) is 11.9. The van der Waals surface area contributed by atoms with E-state index in [0.717, 1.165) is 12.8 Å². The van der Waals surface area contributed by atoms with Gasteiger partial charge in [0.05, 0.1) is 6.10 Å². The van der Waals surface area contributed by atoms with Crippen LogP contribution in [0.4, 0.5) is 0 Å². The molecule has 2 bridgehead atoms. The van der Waals surface area contributed by atoms with E-state index in [4.69, 9.17) is 4.43 Å². The smallest absolute Gasteiger partial charge is 0.171 e. The number of rotatable bonds is 3. The third-order valence-electron chi connectivity index (χ3n) is 4.27. The van der Waals surface area contributed by atoms with Crippen LogP contribution in [-0.2, 0) is 9.22 Å². The molecule has 0 heterocycles. The van der Waals surface area contributed by atoms with E-state index < -0.39 is 9.04 Å². The third kappa shape index (κ3) is 2.65. The number of hydrogen-bond donors (Lipinski definition) is 0. The molecule has 98 valence electrons. The number of hydrogen-bond acceptors (Lipinski definition) is 2. The van der Waals surface area contributed by atoms with Gasteiger partial charge in [-0.15, -0.1) is 0 Å². The molecule has 0 saturated heterocycles. The Morgan fingerprint density at radius 1 is 1.29 bits per heavy atom. The molecule has 2 aliphatic rings. The molecular weight excluding hydrogens is 228 g/mol. The highest BCUT2D eigenvalue weighted by atomic mass is 28.3. The second kappa shape index (κ2) is 4.50. The summed E-state index contributed by atoms with van der Waals surface area (Å²) in [5.41, 5.74) is 0.159. The van der Waals surface area contributed by atoms with E-state index in [2.05, 4.69) is 33.9 Å². The van der Waals surface area contributed by atoms with E-state index in [1.165, 1.54) is 6.42 Å². The first-order valence-electron chi connectivity index (χ1n) is 6.97. The average molecular weight is 254 g/mol. The molecule has 2 saturated carbocycles. The van der Waals surface area contributed by atoms with Crippen molar-refractivity contribution in [2.45, 2.75) is 59.2 Å². The minimum Gasteiger partial charge on any atom is -0.417 e. The number of carbonyl (C=O) groups excluding carboxylic acids is 1. The second-order valence-corrected chi connectivity index (χ2v) is 9.62. The molecule has 2 fully saturated rings. The minimum atomic E-state index is -1.04. The van der Waals surface area contributed by atoms with Crippen molar-refractivity contribution in [3.8, 4) is 0 Å². The van der Waals surface area contributed by atoms with Gasteiger partial charge in [0.15, 0.2) is 9.04 Å². The molecule has 0 spiro atoms. The molecular formula is C14H26O2Si. The van der Waals surface area contributed by atoms with Crippen LogP contribution < -0.4 is 0 Å². The van der Waals surface area contributed by atoms with Crippen molar-refractivity contribution in [1.82, 2.24) is 0 Å². The van der Waals surface area contributed by atoms with E-state index in [9.17, 15) is 4.79 Å². The summed E-state index contributed by atoms with van der Waals surface area (Å²) in [6, 6.07) is 0. The molecule has 2 nitrogen and oxygen atoms in total. The van der Waals surface area contributed by atoms with E-state index >= 15 is 0 Å². The Hall–Kier alpha value is -0.153. The van der Waals surface area contributed by atoms with Crippen LogP contribution >= 0.6 is 0 Å². The molecule has 0 aromatic carbocycles. The largest absolute Gasteiger partial charge is 0.417 e. The van der Waals surface area contributed by atoms with Crippen molar-refractivity contribution >= 4 is 14.8 Å². The van der Waals surface area contributed by atoms with E-state index in [0.29, 0.717) is 23.5 Å². The Kier molecular flexibility index (Phi) is 3.52. The fourth-order valence-corrected chi connectivity index (χ4v) is 4.92. The van der Waals surface area contributed by atoms with Gasteiger partial charge < -0.3 is 4.43 Å². The first kappa shape index (κ1) is 13.3. The molecule has 4 atom stereocenters. The normalized spacial score (nSPS) is 34.7. The Labute approximate surface area is 107 Å². The SMILES string of the molecule is C[SiH](C)OC(C1C[C@H]2CC(=O)C1C2)C(C)(C)C. The van der Waals surface area contributed by atoms with E-state index in [1.807, 2.05) is 0 Å². The van der Waals surface area contributed by atoms with Crippen molar-refractivity contribution < 1.29 is 9.22 Å². The summed E-state index contributed by atoms with van der Waals surface area (Å²) >= 11 is 0. The average Bonchev–Trinajstić information content (AvgIpc) is 2.69. The Bertz CT molecular complexity index is 306. The van der Waals surface area contributed by atoms with Crippen molar-refractivity contribution in [3.05, 3.63) is 0 Å². The Morgan fingerprint density at radius 2 is 1.94 bits per heavy atom. The molecule has 0 radical (unpaired) electrons. The van der Waals surface area contributed by atoms with Gasteiger partial charge in [0.25, 0.3) is 0 Å². The number of carbonyl (C=O) groups is 1. The zero-order valence-electron chi connectivity index (χ0n) is 11.8. The molecule has 2 aliphatic carbocycles. The molecule has 0 N–H and O–H groups in total. The predicted molar refractivity (Wildman–Crippen MR) is 72.5 cm³/mol. The van der Waals surface area contributed by atoms with Gasteiger partial charge in [-0.1, -0.05) is 20.8 Å². The Balaban J connectivity index is 2.14. The van der Waals surface area contributed by atoms with Crippen molar-refractivity contribution in [2.24, 2.45) is 23.2 Å². The molecule has 0 amide bonds. The lowest BCUT2D eigenvalue weighted by molar-refractivity contribution is -0.126. The maximum atomic E-state index is 11.9. The maximum absolute atomic E-state index is 11.9. The van der Waals surface area contributed by atoms with Crippen LogP contribution in [0.3, 0.4) is 0 Å². The van der Waals surface area contributed by atoms with Gasteiger partial charge in [-0.3, -0.25) is 4.79 Å². The lowest BCUT2D eigenvalue weighted by Crippen LogP contribution is -2.43. The highest BCUT2D eigenvalue weighted by Crippen LogP contribution is 2.51. The first-order chi connectivity index (χ1) is 7.79. The summed E-state index contributed by atoms with van der Waals surface area (Å²) in [5.74, 6) is 1.99. The predicted octanol–water partition coefficient (Wildman–Crippen LogP) is 3.02. The van der Waals surface area contributed by atoms with E-state index in [-0.39, 0.29) is 11.5 Å². The van der Waals surface area contributed by atoms with Crippen molar-refractivity contribution in [2.75, 3.05) is 0 Å². The van der Waals surface area contributed by atoms with Crippen LogP contribution in [0.15, 0.2) is 0 Å². The summed E-state index contributed by atoms with van der Waals surface area (Å²) in [7, 11) is -1.04. The van der Waals surface area contributed by atoms with Crippen LogP contribution in [0.25, 0.3) is 0 Å². The van der Waals surface area contributed by atoms with Crippen LogP contribution in [0.5, 0.6) is 0 Å². The van der Waals surface area contributed by atoms with Gasteiger partial charge in [-0.25, -0.2) is 0 Å². The lowest BCUT2D eigenvalue weighted by Gasteiger charge is -2.40. The van der Waals surface area contributed by atoms with Crippen LogP contribution in [0.2, 0.25) is 13.1 Å². The molecule has 3 heteroatoms. The highest BCUT2D eigenvalue weighted by Gasteiger charge is 2.50. The highest BCUT2D eigenvalue weighted by molar-refractivity contribution is 6.48. The summed E-state index contributed by atoms with van der Waals surface area (Å²) < 4.78 is 6.29. The molecule has 3 unspecified atom stereocenters. The van der Waals surface area contributed by atoms with Crippen LogP contribution in [0.1, 0.15) is 40.0 Å². The molecule has 0 aliphatic heterocycles. The van der Waals surface area contributed by atoms with Gasteiger partial charge in [-0.05, 0) is 43.2 Å². The fourth-order valence-electron chi connectivity index (χ4n) is 3.73. The van der Waals surface area contributed by atoms with Gasteiger partial charge in [0, 0.05) is 12.3 Å². The fraction of sp³-hybridized carbons (Fsp3) is 0.929. The van der Waals surface area contributed by atoms with E-state index in [1.54, 1.807) is 0 Å². The van der Waals surface area contributed by atoms with Gasteiger partial charge in [0.1, 0.15) is 5.78 Å². The summed E-state index contributed by atoms with van der Waals surface area (Å²) in [6.45, 7) is 11.2. The Morgan fingerprint density at radius 3 is 2.35 bits per heavy atom. The van der Waals surface area contributed by atoms with Crippen LogP contribution in [-0.4, -0.2) is 20.9 Å². The minimum absolute atomic E-state index is 0.159. The molecule has 0 aromatic heterocycles. The monoisotopic (exact) mass is 254 g/mol. The summed E-state index contributed by atoms with van der Waals surface area (Å²) in [6.07, 6.45) is 3.49. The molecule has 2 rings (SSSR count). The standard InChI is InChI=1S/C14H26O2Si/c1-14(2,3)13(16-17(4)5)11-7-9-6-10(11)12(15)8-9/h9-11,13,17H,6-8H2,1-5H3/t9-,10?,11?,13?/m0/s1. The second-order valence-electron chi connectivity index (χ2n) is 7.25.